The molecule has 3 heterocycles. The number of aromatic hydroxyl groups is 2. The molecule has 44 nitrogen and oxygen atoms in total. The van der Waals surface area contributed by atoms with Gasteiger partial charge in [-0.2, -0.15) is 97.2 Å². The van der Waals surface area contributed by atoms with E-state index in [-0.39, 0.29) is 68.4 Å². The van der Waals surface area contributed by atoms with Crippen LogP contribution >= 0.6 is 23.2 Å². The van der Waals surface area contributed by atoms with Crippen LogP contribution in [0.3, 0.4) is 0 Å². The van der Waals surface area contributed by atoms with Crippen molar-refractivity contribution < 1.29 is 114 Å². The number of hydrogen-bond donors (Lipinski definition) is 14. The third kappa shape index (κ3) is 17.3. The molecule has 0 radical (unpaired) electrons. The number of nitrogens with one attached hydrogen (secondary N) is 3. The average molecular weight is 1690 g/mol. The summed E-state index contributed by atoms with van der Waals surface area (Å²) < 4.78 is 280. The fourth-order valence-electron chi connectivity index (χ4n) is 10.6. The summed E-state index contributed by atoms with van der Waals surface area (Å²) in [6.07, 6.45) is 0. The Morgan fingerprint density at radius 3 is 1.47 bits per heavy atom. The van der Waals surface area contributed by atoms with Gasteiger partial charge in [-0.1, -0.05) is 18.2 Å². The van der Waals surface area contributed by atoms with Crippen molar-refractivity contribution in [3.05, 3.63) is 114 Å². The van der Waals surface area contributed by atoms with E-state index in [0.29, 0.717) is 63.1 Å². The van der Waals surface area contributed by atoms with Crippen molar-refractivity contribution in [2.24, 2.45) is 30.7 Å². The summed E-state index contributed by atoms with van der Waals surface area (Å²) in [6.45, 7) is 2.00. The van der Waals surface area contributed by atoms with E-state index >= 15 is 0 Å². The molecular weight excluding hydrogens is 1640 g/mol. The van der Waals surface area contributed by atoms with Crippen LogP contribution < -0.4 is 26.6 Å². The van der Waals surface area contributed by atoms with E-state index in [1.807, 2.05) is 4.90 Å². The lowest BCUT2D eigenvalue weighted by molar-refractivity contribution is 0.266. The third-order valence-corrected chi connectivity index (χ3v) is 22.7. The molecule has 1 saturated heterocycles. The molecular formula is C54H44Cl2N18O26S8. The number of phenolic OH excluding ortho intramolecular Hbond substituents is 2. The molecule has 1 aliphatic rings. The first-order valence-electron chi connectivity index (χ1n) is 29.0. The van der Waals surface area contributed by atoms with Crippen molar-refractivity contribution in [3.8, 4) is 11.5 Å². The Kier molecular flexibility index (Phi) is 21.2. The first-order chi connectivity index (χ1) is 50.1. The Labute approximate surface area is 616 Å². The Balaban J connectivity index is 0.774. The van der Waals surface area contributed by atoms with Crippen molar-refractivity contribution in [2.75, 3.05) is 65.9 Å². The number of azo groups is 3. The highest BCUT2D eigenvalue weighted by molar-refractivity contribution is 7.88. The van der Waals surface area contributed by atoms with Crippen LogP contribution in [0.15, 0.2) is 173 Å². The third-order valence-electron chi connectivity index (χ3n) is 15.3. The van der Waals surface area contributed by atoms with Crippen LogP contribution in [-0.2, 0) is 80.9 Å². The van der Waals surface area contributed by atoms with Crippen molar-refractivity contribution in [2.45, 2.75) is 39.2 Å². The van der Waals surface area contributed by atoms with Gasteiger partial charge in [0.15, 0.2) is 11.5 Å². The molecule has 54 heteroatoms. The average Bonchev–Trinajstić information content (AvgIpc) is 0.746. The summed E-state index contributed by atoms with van der Waals surface area (Å²) in [5, 5.41) is 50.3. The van der Waals surface area contributed by atoms with Gasteiger partial charge in [-0.25, -0.2) is 0 Å². The molecule has 0 aliphatic carbocycles. The van der Waals surface area contributed by atoms with Gasteiger partial charge in [0.2, 0.25) is 34.4 Å². The van der Waals surface area contributed by atoms with Crippen LogP contribution in [0.5, 0.6) is 11.5 Å². The summed E-state index contributed by atoms with van der Waals surface area (Å²) >= 11 is 12.6. The van der Waals surface area contributed by atoms with Gasteiger partial charge >= 0.3 is 0 Å². The number of nitrogen functional groups attached to an aromatic ring is 1. The summed E-state index contributed by atoms with van der Waals surface area (Å²) in [5.74, 6) is -2.68. The zero-order chi connectivity index (χ0) is 78.9. The molecule has 1 aliphatic heterocycles. The molecule has 2 aromatic heterocycles. The number of nitrogens with two attached hydrogens (primary N) is 1. The number of anilines is 7. The first-order valence-corrected chi connectivity index (χ1v) is 41.3. The maximum absolute atomic E-state index is 12.9. The van der Waals surface area contributed by atoms with Crippen molar-refractivity contribution in [3.63, 3.8) is 0 Å². The number of rotatable bonds is 23. The molecule has 11 rings (SSSR count). The highest BCUT2D eigenvalue weighted by Gasteiger charge is 2.32. The van der Waals surface area contributed by atoms with Gasteiger partial charge in [-0.15, -0.1) is 30.7 Å². The van der Waals surface area contributed by atoms with Gasteiger partial charge in [0.05, 0.1) is 16.0 Å². The van der Waals surface area contributed by atoms with Crippen molar-refractivity contribution in [1.82, 2.24) is 34.8 Å². The van der Waals surface area contributed by atoms with Gasteiger partial charge in [-0.05, 0) is 119 Å². The topological polar surface area (TPSA) is 696 Å². The molecule has 0 atom stereocenters. The van der Waals surface area contributed by atoms with E-state index in [2.05, 4.69) is 76.5 Å². The fourth-order valence-corrected chi connectivity index (χ4v) is 16.2. The second-order valence-electron chi connectivity index (χ2n) is 22.3. The molecule has 108 heavy (non-hydrogen) atoms. The zero-order valence-corrected chi connectivity index (χ0v) is 61.0. The van der Waals surface area contributed by atoms with E-state index in [1.165, 1.54) is 18.2 Å². The van der Waals surface area contributed by atoms with E-state index < -0.39 is 188 Å². The molecule has 15 N–H and O–H groups in total. The standard InChI is InChI=1S/C54H44Cl2N18O26S8/c55-49-61-51(65-52(62-49)60-27-5-10-36(103(83,84)85)33(22-27)68-72-45-40(107(95,96)97)21-25-20-38(105(89,90)91)43(42(57)41(25)47(45)76)70-69-34-23-28(101(77,78)79)6-11-37(34)104(86,87)88)58-12-13-73-14-16-74(17-15-73)54-64-50(56)63-53(66-54)59-26-4-7-29-24(18-26)19-39(106(92,93)94)44(46(29)75)71-67-32-9-8-30-31(48(32)108(98,99)100)2-1-3-35(30)102(80,81)82/h1-11,18-23,75-76H,12-17,57H2,(H,77,78,79)(H,80,81,82)(H,83,84,85)(H,86,87,88)(H,89,90,91)(H,92,93,94)(H,95,96,97)(H,98,99,100)(H,59,63,64,66)(H2,58,60,61,62,65). The summed E-state index contributed by atoms with van der Waals surface area (Å²) in [7, 11) is -42.3. The molecule has 1 fully saturated rings. The first kappa shape index (κ1) is 78.8. The van der Waals surface area contributed by atoms with Gasteiger partial charge in [-0.3, -0.25) is 41.3 Å². The highest BCUT2D eigenvalue weighted by Crippen LogP contribution is 2.50. The van der Waals surface area contributed by atoms with Crippen molar-refractivity contribution >= 4 is 211 Å². The monoisotopic (exact) mass is 1690 g/mol. The van der Waals surface area contributed by atoms with Gasteiger partial charge < -0.3 is 36.8 Å². The summed E-state index contributed by atoms with van der Waals surface area (Å²) in [5.41, 5.74) is -0.795. The number of nitrogens with zero attached hydrogens (tertiary/aromatic N) is 14. The van der Waals surface area contributed by atoms with Crippen LogP contribution in [-0.4, -0.2) is 188 Å². The zero-order valence-electron chi connectivity index (χ0n) is 52.9. The van der Waals surface area contributed by atoms with Crippen LogP contribution in [0.1, 0.15) is 0 Å². The lowest BCUT2D eigenvalue weighted by Gasteiger charge is -2.34. The maximum atomic E-state index is 12.9. The second-order valence-corrected chi connectivity index (χ2v) is 34.1. The number of halogens is 2. The minimum atomic E-state index is -5.60. The normalized spacial score (nSPS) is 14.1. The van der Waals surface area contributed by atoms with Gasteiger partial charge in [0.25, 0.3) is 80.9 Å². The number of benzene rings is 8. The predicted molar refractivity (Wildman–Crippen MR) is 377 cm³/mol. The quantitative estimate of drug-likeness (QED) is 0.0165. The molecule has 0 spiro atoms. The maximum Gasteiger partial charge on any atom is 0.297 e. The smallest absolute Gasteiger partial charge is 0.297 e. The highest BCUT2D eigenvalue weighted by atomic mass is 35.5. The van der Waals surface area contributed by atoms with E-state index in [0.717, 1.165) is 54.6 Å². The lowest BCUT2D eigenvalue weighted by Crippen LogP contribution is -2.48. The summed E-state index contributed by atoms with van der Waals surface area (Å²) in [6, 6.07) is 14.8. The summed E-state index contributed by atoms with van der Waals surface area (Å²) in [4.78, 5) is 20.3. The minimum absolute atomic E-state index is 0.0314. The molecule has 8 aromatic carbocycles. The Bertz CT molecular complexity index is 6590. The number of hydrogen-bond acceptors (Lipinski definition) is 36. The van der Waals surface area contributed by atoms with Gasteiger partial charge in [0, 0.05) is 66.8 Å². The number of aromatic nitrogens is 6. The lowest BCUT2D eigenvalue weighted by atomic mass is 10.1. The molecule has 568 valence electrons. The number of fused-ring (bicyclic) bond motifs is 3. The van der Waals surface area contributed by atoms with Crippen LogP contribution in [0.2, 0.25) is 10.6 Å². The largest absolute Gasteiger partial charge is 0.505 e. The molecule has 0 saturated carbocycles. The SMILES string of the molecule is Nc1c(N=Nc2cc(S(=O)(=O)O)ccc2S(=O)(=O)O)c(S(=O)(=O)O)cc2cc(S(=O)(=O)O)c(N=Nc3cc(Nc4nc(Cl)nc(NCCN5CCN(c6nc(Cl)nc(Nc7ccc8c(O)c(N=Nc9ccc%10c(S(=O)(=O)O)cccc%10c9S(=O)(=O)O)c(S(=O)(=O)O)cc8c7)n6)CC5)n4)ccc3S(=O)(=O)O)c(O)c12. The Hall–Kier alpha value is -10.2. The Morgan fingerprint density at radius 2 is 0.898 bits per heavy atom. The van der Waals surface area contributed by atoms with Crippen molar-refractivity contribution in [1.29, 1.82) is 0 Å². The molecule has 0 bridgehead atoms. The van der Waals surface area contributed by atoms with Crippen LogP contribution in [0.4, 0.5) is 75.0 Å². The molecule has 0 unspecified atom stereocenters. The fraction of sp³-hybridized carbons (Fsp3) is 0.111. The molecule has 0 amide bonds. The number of phenols is 2. The minimum Gasteiger partial charge on any atom is -0.505 e. The van der Waals surface area contributed by atoms with Crippen LogP contribution in [0, 0.1) is 0 Å². The predicted octanol–water partition coefficient (Wildman–Crippen LogP) is 7.76. The van der Waals surface area contributed by atoms with E-state index in [1.54, 1.807) is 4.90 Å². The molecule has 10 aromatic rings. The van der Waals surface area contributed by atoms with E-state index in [4.69, 9.17) is 28.9 Å². The van der Waals surface area contributed by atoms with Crippen LogP contribution in [0.25, 0.3) is 32.3 Å². The number of piperazine rings is 1. The van der Waals surface area contributed by atoms with E-state index in [9.17, 15) is 114 Å². The second kappa shape index (κ2) is 29.1. The van der Waals surface area contributed by atoms with Gasteiger partial charge in [0.1, 0.15) is 68.4 Å². The Morgan fingerprint density at radius 1 is 0.417 bits per heavy atom.